The Hall–Kier alpha value is -3.96. The molecule has 0 spiro atoms. The maximum absolute atomic E-state index is 12.8. The smallest absolute Gasteiger partial charge is 0.170 e. The second kappa shape index (κ2) is 15.8. The van der Waals surface area contributed by atoms with Gasteiger partial charge < -0.3 is 14.7 Å². The van der Waals surface area contributed by atoms with Gasteiger partial charge in [0, 0.05) is 30.4 Å². The molecule has 5 nitrogen and oxygen atoms in total. The third-order valence-corrected chi connectivity index (χ3v) is 8.96. The van der Waals surface area contributed by atoms with E-state index in [-0.39, 0.29) is 28.8 Å². The van der Waals surface area contributed by atoms with Crippen LogP contribution in [-0.4, -0.2) is 40.8 Å². The number of rotatable bonds is 14. The lowest BCUT2D eigenvalue weighted by Gasteiger charge is -2.40. The number of carbonyl (C=O) groups is 2. The predicted molar refractivity (Wildman–Crippen MR) is 193 cm³/mol. The Bertz CT molecular complexity index is 1540. The number of hydrogen-bond donors (Lipinski definition) is 1. The van der Waals surface area contributed by atoms with Gasteiger partial charge in [0.2, 0.25) is 0 Å². The van der Waals surface area contributed by atoms with Gasteiger partial charge in [-0.2, -0.15) is 0 Å². The summed E-state index contributed by atoms with van der Waals surface area (Å²) in [6, 6.07) is 22.7. The topological polar surface area (TPSA) is 66.8 Å². The minimum absolute atomic E-state index is 0.00888. The molecular weight excluding hydrogens is 582 g/mol. The third-order valence-electron chi connectivity index (χ3n) is 8.96. The molecule has 0 amide bonds. The Kier molecular flexibility index (Phi) is 12.0. The monoisotopic (exact) mass is 635 g/mol. The largest absolute Gasteiger partial charge is 0.489 e. The molecule has 0 aromatic heterocycles. The first-order valence-corrected chi connectivity index (χ1v) is 17.0. The average molecular weight is 636 g/mol. The van der Waals surface area contributed by atoms with Crippen molar-refractivity contribution in [3.05, 3.63) is 118 Å². The van der Waals surface area contributed by atoms with E-state index in [1.54, 1.807) is 36.4 Å². The lowest BCUT2D eigenvalue weighted by Crippen LogP contribution is -2.37. The SMILES string of the molecule is CC(C)CN1C=C(C(O)CC/C=C/c2ccc(COc3ccc(C(=O)CC(=O)c4ccc(C(C)(C)C)cc4)cc3)cc2)C(C)(C)CC1. The highest BCUT2D eigenvalue weighted by Crippen LogP contribution is 2.38. The van der Waals surface area contributed by atoms with Crippen molar-refractivity contribution in [3.63, 3.8) is 0 Å². The fourth-order valence-electron chi connectivity index (χ4n) is 5.92. The van der Waals surface area contributed by atoms with Crippen LogP contribution in [0, 0.1) is 11.3 Å². The Labute approximate surface area is 282 Å². The Morgan fingerprint density at radius 3 is 2.09 bits per heavy atom. The lowest BCUT2D eigenvalue weighted by atomic mass is 9.76. The van der Waals surface area contributed by atoms with Crippen molar-refractivity contribution in [2.24, 2.45) is 11.3 Å². The van der Waals surface area contributed by atoms with Crippen molar-refractivity contribution in [2.75, 3.05) is 13.1 Å². The van der Waals surface area contributed by atoms with Crippen LogP contribution in [-0.2, 0) is 12.0 Å². The van der Waals surface area contributed by atoms with Gasteiger partial charge in [-0.05, 0) is 82.5 Å². The van der Waals surface area contributed by atoms with Crippen molar-refractivity contribution in [1.29, 1.82) is 0 Å². The molecule has 1 N–H and O–H groups in total. The van der Waals surface area contributed by atoms with Crippen molar-refractivity contribution in [1.82, 2.24) is 4.90 Å². The van der Waals surface area contributed by atoms with Crippen LogP contribution in [0.15, 0.2) is 90.6 Å². The first-order valence-electron chi connectivity index (χ1n) is 17.0. The molecule has 0 saturated heterocycles. The van der Waals surface area contributed by atoms with Gasteiger partial charge in [0.05, 0.1) is 12.5 Å². The van der Waals surface area contributed by atoms with Crippen LogP contribution in [0.3, 0.4) is 0 Å². The van der Waals surface area contributed by atoms with Crippen LogP contribution < -0.4 is 4.74 Å². The molecular formula is C42H53NO4. The van der Waals surface area contributed by atoms with Crippen molar-refractivity contribution in [3.8, 4) is 5.75 Å². The number of aliphatic hydroxyl groups excluding tert-OH is 1. The fourth-order valence-corrected chi connectivity index (χ4v) is 5.92. The zero-order chi connectivity index (χ0) is 34.2. The maximum atomic E-state index is 12.8. The standard InChI is InChI=1S/C42H53NO4/c1-30(2)27-43-25-24-42(6,7)37(28-43)38(44)11-9-8-10-31-12-14-32(15-13-31)29-47-36-22-18-34(19-23-36)40(46)26-39(45)33-16-20-35(21-17-33)41(3,4)5/h8,10,12-23,28,30,38,44H,9,11,24-27,29H2,1-7H3/b10-8+. The fraction of sp³-hybridized carbons (Fsp3) is 0.429. The van der Waals surface area contributed by atoms with Gasteiger partial charge in [0.1, 0.15) is 12.4 Å². The van der Waals surface area contributed by atoms with E-state index in [2.05, 4.69) is 83.9 Å². The Balaban J connectivity index is 1.22. The van der Waals surface area contributed by atoms with Gasteiger partial charge in [-0.25, -0.2) is 0 Å². The van der Waals surface area contributed by atoms with Gasteiger partial charge in [-0.3, -0.25) is 9.59 Å². The normalized spacial score (nSPS) is 15.5. The molecule has 4 rings (SSSR count). The molecule has 0 saturated carbocycles. The zero-order valence-corrected chi connectivity index (χ0v) is 29.4. The quantitative estimate of drug-likeness (QED) is 0.141. The van der Waals surface area contributed by atoms with Gasteiger partial charge in [-0.15, -0.1) is 0 Å². The number of ketones is 2. The maximum Gasteiger partial charge on any atom is 0.170 e. The second-order valence-corrected chi connectivity index (χ2v) is 15.0. The van der Waals surface area contributed by atoms with E-state index in [4.69, 9.17) is 4.74 Å². The van der Waals surface area contributed by atoms with E-state index in [0.717, 1.165) is 48.2 Å². The number of hydrogen-bond acceptors (Lipinski definition) is 5. The van der Waals surface area contributed by atoms with Gasteiger partial charge in [0.25, 0.3) is 0 Å². The summed E-state index contributed by atoms with van der Waals surface area (Å²) < 4.78 is 5.95. The number of nitrogens with zero attached hydrogens (tertiary/aromatic N) is 1. The van der Waals surface area contributed by atoms with Crippen LogP contribution >= 0.6 is 0 Å². The van der Waals surface area contributed by atoms with E-state index in [9.17, 15) is 14.7 Å². The number of allylic oxidation sites excluding steroid dienone is 1. The summed E-state index contributed by atoms with van der Waals surface area (Å²) in [5, 5.41) is 11.0. The zero-order valence-electron chi connectivity index (χ0n) is 29.4. The molecule has 0 fully saturated rings. The van der Waals surface area contributed by atoms with Gasteiger partial charge >= 0.3 is 0 Å². The number of carbonyl (C=O) groups excluding carboxylic acids is 2. The molecule has 47 heavy (non-hydrogen) atoms. The Morgan fingerprint density at radius 2 is 1.51 bits per heavy atom. The number of ether oxygens (including phenoxy) is 1. The number of benzene rings is 3. The van der Waals surface area contributed by atoms with Crippen LogP contribution in [0.1, 0.15) is 112 Å². The van der Waals surface area contributed by atoms with E-state index in [0.29, 0.717) is 35.8 Å². The van der Waals surface area contributed by atoms with Crippen molar-refractivity contribution in [2.45, 2.75) is 92.3 Å². The minimum atomic E-state index is -0.435. The second-order valence-electron chi connectivity index (χ2n) is 15.0. The van der Waals surface area contributed by atoms with Crippen LogP contribution in [0.4, 0.5) is 0 Å². The van der Waals surface area contributed by atoms with E-state index >= 15 is 0 Å². The molecule has 0 aliphatic carbocycles. The molecule has 1 aliphatic heterocycles. The van der Waals surface area contributed by atoms with Gasteiger partial charge in [-0.1, -0.05) is 109 Å². The Morgan fingerprint density at radius 1 is 0.915 bits per heavy atom. The molecule has 5 heteroatoms. The van der Waals surface area contributed by atoms with Crippen LogP contribution in [0.5, 0.6) is 5.75 Å². The van der Waals surface area contributed by atoms with E-state index in [1.807, 2.05) is 24.3 Å². The molecule has 3 aromatic rings. The first-order chi connectivity index (χ1) is 22.2. The summed E-state index contributed by atoms with van der Waals surface area (Å²) in [4.78, 5) is 27.8. The van der Waals surface area contributed by atoms with Crippen molar-refractivity contribution >= 4 is 17.6 Å². The van der Waals surface area contributed by atoms with E-state index < -0.39 is 6.10 Å². The third kappa shape index (κ3) is 10.5. The van der Waals surface area contributed by atoms with E-state index in [1.165, 1.54) is 0 Å². The molecule has 1 aliphatic rings. The van der Waals surface area contributed by atoms with Gasteiger partial charge in [0.15, 0.2) is 11.6 Å². The highest BCUT2D eigenvalue weighted by molar-refractivity contribution is 6.13. The van der Waals surface area contributed by atoms with Crippen LogP contribution in [0.2, 0.25) is 0 Å². The molecule has 250 valence electrons. The lowest BCUT2D eigenvalue weighted by molar-refractivity contribution is 0.0894. The minimum Gasteiger partial charge on any atom is -0.489 e. The number of Topliss-reactive ketones (excluding diaryl/α,β-unsaturated/α-hetero) is 2. The molecule has 0 radical (unpaired) electrons. The van der Waals surface area contributed by atoms with Crippen molar-refractivity contribution < 1.29 is 19.4 Å². The summed E-state index contributed by atoms with van der Waals surface area (Å²) in [6.45, 7) is 17.8. The van der Waals surface area contributed by atoms with Crippen LogP contribution in [0.25, 0.3) is 6.08 Å². The molecule has 1 heterocycles. The summed E-state index contributed by atoms with van der Waals surface area (Å²) in [6.07, 6.45) is 8.43. The summed E-state index contributed by atoms with van der Waals surface area (Å²) in [5.74, 6) is 0.878. The highest BCUT2D eigenvalue weighted by Gasteiger charge is 2.32. The molecule has 3 aromatic carbocycles. The predicted octanol–water partition coefficient (Wildman–Crippen LogP) is 9.44. The first kappa shape index (κ1) is 35.9. The summed E-state index contributed by atoms with van der Waals surface area (Å²) in [5.41, 5.74) is 5.52. The molecule has 0 bridgehead atoms. The summed E-state index contributed by atoms with van der Waals surface area (Å²) in [7, 11) is 0. The summed E-state index contributed by atoms with van der Waals surface area (Å²) >= 11 is 0. The average Bonchev–Trinajstić information content (AvgIpc) is 3.03. The molecule has 1 unspecified atom stereocenters. The highest BCUT2D eigenvalue weighted by atomic mass is 16.5. The number of aliphatic hydroxyl groups is 1. The molecule has 1 atom stereocenters.